The van der Waals surface area contributed by atoms with Gasteiger partial charge in [-0.05, 0) is 13.0 Å². The second-order valence-electron chi connectivity index (χ2n) is 5.16. The maximum atomic E-state index is 12.1. The number of nitrogens with one attached hydrogen (secondary N) is 2. The Morgan fingerprint density at radius 1 is 1.38 bits per heavy atom. The molecule has 1 fully saturated rings. The molecule has 2 amide bonds. The number of methoxy groups -OCH3 is 2. The van der Waals surface area contributed by atoms with E-state index < -0.39 is 29.7 Å². The molecule has 2 heterocycles. The van der Waals surface area contributed by atoms with E-state index in [1.807, 2.05) is 0 Å². The molecule has 0 aromatic heterocycles. The SMILES string of the molecule is COC(=O)C1C2NC(=O)NC1(C)Oc1c(OC)cccc12. The first-order chi connectivity index (χ1) is 10.00. The number of carbonyl (C=O) groups excluding carboxylic acids is 2. The van der Waals surface area contributed by atoms with Crippen molar-refractivity contribution < 1.29 is 23.8 Å². The molecule has 0 radical (unpaired) electrons. The molecule has 3 unspecified atom stereocenters. The highest BCUT2D eigenvalue weighted by Gasteiger charge is 2.56. The van der Waals surface area contributed by atoms with Crippen LogP contribution < -0.4 is 20.1 Å². The van der Waals surface area contributed by atoms with Crippen molar-refractivity contribution in [1.82, 2.24) is 10.6 Å². The molecule has 2 aliphatic rings. The molecule has 7 nitrogen and oxygen atoms in total. The van der Waals surface area contributed by atoms with Crippen molar-refractivity contribution in [2.45, 2.75) is 18.7 Å². The van der Waals surface area contributed by atoms with Gasteiger partial charge in [0.25, 0.3) is 0 Å². The normalized spacial score (nSPS) is 29.4. The van der Waals surface area contributed by atoms with Crippen molar-refractivity contribution in [2.75, 3.05) is 14.2 Å². The summed E-state index contributed by atoms with van der Waals surface area (Å²) in [5.41, 5.74) is -0.501. The van der Waals surface area contributed by atoms with E-state index in [2.05, 4.69) is 10.6 Å². The largest absolute Gasteiger partial charge is 0.493 e. The Labute approximate surface area is 121 Å². The molecule has 2 N–H and O–H groups in total. The maximum Gasteiger partial charge on any atom is 0.318 e. The molecule has 2 aliphatic heterocycles. The first-order valence-corrected chi connectivity index (χ1v) is 6.52. The predicted molar refractivity (Wildman–Crippen MR) is 71.9 cm³/mol. The van der Waals surface area contributed by atoms with Gasteiger partial charge in [-0.2, -0.15) is 0 Å². The highest BCUT2D eigenvalue weighted by molar-refractivity contribution is 5.84. The number of esters is 1. The number of hydrogen-bond acceptors (Lipinski definition) is 5. The highest BCUT2D eigenvalue weighted by Crippen LogP contribution is 2.48. The van der Waals surface area contributed by atoms with Crippen LogP contribution in [0.2, 0.25) is 0 Å². The Kier molecular flexibility index (Phi) is 2.93. The summed E-state index contributed by atoms with van der Waals surface area (Å²) in [7, 11) is 2.85. The molecule has 0 spiro atoms. The van der Waals surface area contributed by atoms with E-state index in [1.54, 1.807) is 25.1 Å². The van der Waals surface area contributed by atoms with Gasteiger partial charge in [-0.25, -0.2) is 4.79 Å². The quantitative estimate of drug-likeness (QED) is 0.793. The number of rotatable bonds is 2. The molecule has 1 aromatic rings. The monoisotopic (exact) mass is 292 g/mol. The van der Waals surface area contributed by atoms with Crippen LogP contribution in [0.3, 0.4) is 0 Å². The zero-order valence-corrected chi connectivity index (χ0v) is 11.9. The van der Waals surface area contributed by atoms with Crippen molar-refractivity contribution >= 4 is 12.0 Å². The minimum absolute atomic E-state index is 0.392. The number of ether oxygens (including phenoxy) is 3. The summed E-state index contributed by atoms with van der Waals surface area (Å²) < 4.78 is 16.1. The third-order valence-electron chi connectivity index (χ3n) is 3.91. The summed E-state index contributed by atoms with van der Waals surface area (Å²) >= 11 is 0. The average molecular weight is 292 g/mol. The topological polar surface area (TPSA) is 85.9 Å². The number of carbonyl (C=O) groups is 2. The predicted octanol–water partition coefficient (Wildman–Crippen LogP) is 0.947. The van der Waals surface area contributed by atoms with Gasteiger partial charge in [0, 0.05) is 5.56 Å². The zero-order valence-electron chi connectivity index (χ0n) is 11.9. The van der Waals surface area contributed by atoms with Crippen LogP contribution in [-0.2, 0) is 9.53 Å². The van der Waals surface area contributed by atoms with E-state index in [4.69, 9.17) is 14.2 Å². The second kappa shape index (κ2) is 4.54. The van der Waals surface area contributed by atoms with Gasteiger partial charge in [0.15, 0.2) is 17.2 Å². The molecule has 7 heteroatoms. The van der Waals surface area contributed by atoms with Gasteiger partial charge in [0.2, 0.25) is 0 Å². The molecule has 0 aliphatic carbocycles. The number of amides is 2. The molecule has 2 bridgehead atoms. The molecular weight excluding hydrogens is 276 g/mol. The number of hydrogen-bond donors (Lipinski definition) is 2. The van der Waals surface area contributed by atoms with Crippen molar-refractivity contribution in [1.29, 1.82) is 0 Å². The van der Waals surface area contributed by atoms with Crippen molar-refractivity contribution in [3.8, 4) is 11.5 Å². The minimum atomic E-state index is -1.19. The lowest BCUT2D eigenvalue weighted by molar-refractivity contribution is -0.160. The number of para-hydroxylation sites is 1. The summed E-state index contributed by atoms with van der Waals surface area (Å²) in [6, 6.07) is 4.42. The van der Waals surface area contributed by atoms with Crippen LogP contribution in [0.5, 0.6) is 11.5 Å². The number of urea groups is 1. The first kappa shape index (κ1) is 13.5. The zero-order chi connectivity index (χ0) is 15.2. The van der Waals surface area contributed by atoms with Gasteiger partial charge in [0.05, 0.1) is 20.3 Å². The van der Waals surface area contributed by atoms with Crippen molar-refractivity contribution in [2.24, 2.45) is 5.92 Å². The van der Waals surface area contributed by atoms with Gasteiger partial charge < -0.3 is 19.5 Å². The average Bonchev–Trinajstić information content (AvgIpc) is 2.44. The molecule has 1 aromatic carbocycles. The van der Waals surface area contributed by atoms with E-state index in [0.29, 0.717) is 17.1 Å². The van der Waals surface area contributed by atoms with E-state index in [0.717, 1.165) is 0 Å². The van der Waals surface area contributed by atoms with Crippen LogP contribution in [0, 0.1) is 5.92 Å². The lowest BCUT2D eigenvalue weighted by Crippen LogP contribution is -2.70. The van der Waals surface area contributed by atoms with Crippen LogP contribution in [-0.4, -0.2) is 31.9 Å². The molecular formula is C14H16N2O5. The van der Waals surface area contributed by atoms with Crippen LogP contribution in [0.4, 0.5) is 4.79 Å². The fourth-order valence-corrected chi connectivity index (χ4v) is 2.98. The molecule has 0 saturated carbocycles. The summed E-state index contributed by atoms with van der Waals surface area (Å²) in [6.07, 6.45) is 0. The van der Waals surface area contributed by atoms with Crippen LogP contribution >= 0.6 is 0 Å². The summed E-state index contributed by atoms with van der Waals surface area (Å²) in [5.74, 6) is -0.0894. The van der Waals surface area contributed by atoms with Gasteiger partial charge >= 0.3 is 12.0 Å². The van der Waals surface area contributed by atoms with Crippen molar-refractivity contribution in [3.05, 3.63) is 23.8 Å². The first-order valence-electron chi connectivity index (χ1n) is 6.52. The van der Waals surface area contributed by atoms with Crippen LogP contribution in [0.1, 0.15) is 18.5 Å². The summed E-state index contributed by atoms with van der Waals surface area (Å²) in [4.78, 5) is 23.9. The third-order valence-corrected chi connectivity index (χ3v) is 3.91. The fraction of sp³-hybridized carbons (Fsp3) is 0.429. The Hall–Kier alpha value is -2.44. The molecule has 3 atom stereocenters. The standard InChI is InChI=1S/C14H16N2O5/c1-14-9(12(17)20-3)10(15-13(18)16-14)7-5-4-6-8(19-2)11(7)21-14/h4-6,9-10H,1-3H3,(H2,15,16,18). The Morgan fingerprint density at radius 3 is 2.81 bits per heavy atom. The van der Waals surface area contributed by atoms with Gasteiger partial charge in [0.1, 0.15) is 5.92 Å². The van der Waals surface area contributed by atoms with Crippen LogP contribution in [0.15, 0.2) is 18.2 Å². The maximum absolute atomic E-state index is 12.1. The molecule has 3 rings (SSSR count). The van der Waals surface area contributed by atoms with E-state index >= 15 is 0 Å². The van der Waals surface area contributed by atoms with Gasteiger partial charge in [-0.1, -0.05) is 12.1 Å². The van der Waals surface area contributed by atoms with E-state index in [1.165, 1.54) is 14.2 Å². The van der Waals surface area contributed by atoms with E-state index in [-0.39, 0.29) is 0 Å². The third kappa shape index (κ3) is 1.88. The number of fused-ring (bicyclic) bond motifs is 4. The second-order valence-corrected chi connectivity index (χ2v) is 5.16. The number of benzene rings is 1. The van der Waals surface area contributed by atoms with E-state index in [9.17, 15) is 9.59 Å². The van der Waals surface area contributed by atoms with Gasteiger partial charge in [-0.3, -0.25) is 10.1 Å². The Balaban J connectivity index is 2.17. The minimum Gasteiger partial charge on any atom is -0.493 e. The lowest BCUT2D eigenvalue weighted by atomic mass is 9.80. The molecule has 112 valence electrons. The summed E-state index contributed by atoms with van der Waals surface area (Å²) in [5, 5.41) is 5.41. The highest BCUT2D eigenvalue weighted by atomic mass is 16.6. The van der Waals surface area contributed by atoms with Crippen molar-refractivity contribution in [3.63, 3.8) is 0 Å². The smallest absolute Gasteiger partial charge is 0.318 e. The Bertz CT molecular complexity index is 617. The van der Waals surface area contributed by atoms with Gasteiger partial charge in [-0.15, -0.1) is 0 Å². The lowest BCUT2D eigenvalue weighted by Gasteiger charge is -2.48. The molecule has 1 saturated heterocycles. The van der Waals surface area contributed by atoms with Crippen LogP contribution in [0.25, 0.3) is 0 Å². The fourth-order valence-electron chi connectivity index (χ4n) is 2.98. The molecule has 21 heavy (non-hydrogen) atoms. The Morgan fingerprint density at radius 2 is 2.14 bits per heavy atom. The summed E-state index contributed by atoms with van der Waals surface area (Å²) in [6.45, 7) is 1.65.